The summed E-state index contributed by atoms with van der Waals surface area (Å²) >= 11 is 0. The number of nitrogens with zero attached hydrogens (tertiary/aromatic N) is 1. The molecule has 27 heavy (non-hydrogen) atoms. The number of hydrogen-bond donors (Lipinski definition) is 3. The van der Waals surface area contributed by atoms with Crippen molar-refractivity contribution in [3.05, 3.63) is 65.7 Å². The van der Waals surface area contributed by atoms with E-state index in [1.54, 1.807) is 17.0 Å². The van der Waals surface area contributed by atoms with Crippen LogP contribution in [-0.4, -0.2) is 36.1 Å². The second-order valence-corrected chi connectivity index (χ2v) is 6.32. The molecule has 3 N–H and O–H groups in total. The van der Waals surface area contributed by atoms with Crippen LogP contribution in [0.25, 0.3) is 0 Å². The molecule has 2 aromatic rings. The molecule has 1 unspecified atom stereocenters. The quantitative estimate of drug-likeness (QED) is 0.770. The molecule has 4 amide bonds. The Balaban J connectivity index is 1.42. The lowest BCUT2D eigenvalue weighted by Gasteiger charge is -2.18. The summed E-state index contributed by atoms with van der Waals surface area (Å²) in [7, 11) is 0. The van der Waals surface area contributed by atoms with Gasteiger partial charge in [0, 0.05) is 31.4 Å². The fraction of sp³-hybridized carbons (Fsp3) is 0.263. The normalized spacial score (nSPS) is 16.1. The van der Waals surface area contributed by atoms with E-state index < -0.39 is 6.03 Å². The van der Waals surface area contributed by atoms with Crippen LogP contribution in [0.5, 0.6) is 0 Å². The molecule has 1 heterocycles. The number of benzene rings is 2. The number of carbonyl (C=O) groups excluding carboxylic acids is 2. The van der Waals surface area contributed by atoms with Gasteiger partial charge in [-0.3, -0.25) is 0 Å². The Morgan fingerprint density at radius 2 is 1.63 bits per heavy atom. The van der Waals surface area contributed by atoms with Gasteiger partial charge in [-0.05, 0) is 48.4 Å². The van der Waals surface area contributed by atoms with Crippen molar-refractivity contribution in [1.29, 1.82) is 0 Å². The third-order valence-electron chi connectivity index (χ3n) is 4.27. The van der Waals surface area contributed by atoms with Gasteiger partial charge in [0.2, 0.25) is 0 Å². The molecule has 1 aliphatic heterocycles. The molecule has 3 rings (SSSR count). The number of hydrogen-bond acceptors (Lipinski definition) is 2. The summed E-state index contributed by atoms with van der Waals surface area (Å²) in [5, 5.41) is 8.20. The number of nitrogens with one attached hydrogen (secondary N) is 3. The van der Waals surface area contributed by atoms with E-state index in [-0.39, 0.29) is 23.7 Å². The second-order valence-electron chi connectivity index (χ2n) is 6.32. The Kier molecular flexibility index (Phi) is 5.85. The molecule has 1 aliphatic rings. The topological polar surface area (TPSA) is 73.5 Å². The fourth-order valence-corrected chi connectivity index (χ4v) is 2.84. The maximum atomic E-state index is 12.9. The van der Waals surface area contributed by atoms with Crippen LogP contribution in [-0.2, 0) is 6.54 Å². The Bertz CT molecular complexity index is 796. The van der Waals surface area contributed by atoms with Crippen molar-refractivity contribution in [2.75, 3.05) is 18.4 Å². The van der Waals surface area contributed by atoms with Crippen molar-refractivity contribution < 1.29 is 18.4 Å². The summed E-state index contributed by atoms with van der Waals surface area (Å²) in [5.41, 5.74) is 1.29. The molecule has 8 heteroatoms. The first-order chi connectivity index (χ1) is 13.0. The standard InChI is InChI=1S/C19H20F2N4O2/c20-14-3-1-13(2-4-14)11-22-19(27)25-10-9-17(12-25)24-18(26)23-16-7-5-15(21)6-8-16/h1-8,17H,9-12H2,(H,22,27)(H2,23,24,26). The third-order valence-corrected chi connectivity index (χ3v) is 4.27. The van der Waals surface area contributed by atoms with Crippen molar-refractivity contribution in [3.63, 3.8) is 0 Å². The van der Waals surface area contributed by atoms with Crippen LogP contribution in [0, 0.1) is 11.6 Å². The van der Waals surface area contributed by atoms with Crippen molar-refractivity contribution >= 4 is 17.7 Å². The van der Waals surface area contributed by atoms with E-state index in [2.05, 4.69) is 16.0 Å². The van der Waals surface area contributed by atoms with Crippen molar-refractivity contribution in [2.24, 2.45) is 0 Å². The van der Waals surface area contributed by atoms with Gasteiger partial charge in [0.15, 0.2) is 0 Å². The maximum Gasteiger partial charge on any atom is 0.319 e. The van der Waals surface area contributed by atoms with Crippen LogP contribution in [0.15, 0.2) is 48.5 Å². The van der Waals surface area contributed by atoms with Gasteiger partial charge in [-0.2, -0.15) is 0 Å². The Morgan fingerprint density at radius 1 is 1.00 bits per heavy atom. The van der Waals surface area contributed by atoms with E-state index in [1.165, 1.54) is 36.4 Å². The first-order valence-electron chi connectivity index (χ1n) is 8.60. The number of halogens is 2. The molecule has 1 atom stereocenters. The molecule has 142 valence electrons. The lowest BCUT2D eigenvalue weighted by atomic mass is 10.2. The van der Waals surface area contributed by atoms with Crippen molar-refractivity contribution in [3.8, 4) is 0 Å². The third kappa shape index (κ3) is 5.40. The zero-order chi connectivity index (χ0) is 19.2. The molecule has 0 bridgehead atoms. The summed E-state index contributed by atoms with van der Waals surface area (Å²) in [6.45, 7) is 1.22. The van der Waals surface area contributed by atoms with Gasteiger partial charge in [0.1, 0.15) is 11.6 Å². The molecule has 0 aliphatic carbocycles. The zero-order valence-corrected chi connectivity index (χ0v) is 14.5. The van der Waals surface area contributed by atoms with Gasteiger partial charge in [-0.1, -0.05) is 12.1 Å². The van der Waals surface area contributed by atoms with Crippen LogP contribution < -0.4 is 16.0 Å². The van der Waals surface area contributed by atoms with Gasteiger partial charge < -0.3 is 20.9 Å². The summed E-state index contributed by atoms with van der Waals surface area (Å²) in [4.78, 5) is 25.8. The van der Waals surface area contributed by atoms with Crippen LogP contribution in [0.2, 0.25) is 0 Å². The van der Waals surface area contributed by atoms with E-state index in [0.29, 0.717) is 31.7 Å². The molecular weight excluding hydrogens is 354 g/mol. The van der Waals surface area contributed by atoms with Gasteiger partial charge in [0.05, 0.1) is 0 Å². The zero-order valence-electron chi connectivity index (χ0n) is 14.5. The van der Waals surface area contributed by atoms with E-state index in [0.717, 1.165) is 5.56 Å². The van der Waals surface area contributed by atoms with E-state index in [4.69, 9.17) is 0 Å². The minimum absolute atomic E-state index is 0.165. The first kappa shape index (κ1) is 18.6. The molecule has 1 fully saturated rings. The minimum Gasteiger partial charge on any atom is -0.334 e. The summed E-state index contributed by atoms with van der Waals surface area (Å²) in [6.07, 6.45) is 0.640. The molecule has 1 saturated heterocycles. The molecule has 0 saturated carbocycles. The second kappa shape index (κ2) is 8.48. The summed E-state index contributed by atoms with van der Waals surface area (Å²) in [6, 6.07) is 10.6. The molecule has 0 spiro atoms. The predicted molar refractivity (Wildman–Crippen MR) is 97.2 cm³/mol. The minimum atomic E-state index is -0.403. The van der Waals surface area contributed by atoms with Crippen molar-refractivity contribution in [2.45, 2.75) is 19.0 Å². The van der Waals surface area contributed by atoms with E-state index in [9.17, 15) is 18.4 Å². The molecule has 6 nitrogen and oxygen atoms in total. The highest BCUT2D eigenvalue weighted by molar-refractivity contribution is 5.89. The number of anilines is 1. The number of carbonyl (C=O) groups is 2. The van der Waals surface area contributed by atoms with Crippen LogP contribution in [0.3, 0.4) is 0 Å². The van der Waals surface area contributed by atoms with Gasteiger partial charge in [-0.25, -0.2) is 18.4 Å². The molecule has 0 aromatic heterocycles. The van der Waals surface area contributed by atoms with Gasteiger partial charge >= 0.3 is 12.1 Å². The number of amides is 4. The Morgan fingerprint density at radius 3 is 2.30 bits per heavy atom. The lowest BCUT2D eigenvalue weighted by molar-refractivity contribution is 0.207. The highest BCUT2D eigenvalue weighted by Gasteiger charge is 2.27. The largest absolute Gasteiger partial charge is 0.334 e. The first-order valence-corrected chi connectivity index (χ1v) is 8.60. The number of rotatable bonds is 4. The van der Waals surface area contributed by atoms with Crippen molar-refractivity contribution in [1.82, 2.24) is 15.5 Å². The molecule has 0 radical (unpaired) electrons. The van der Waals surface area contributed by atoms with Crippen LogP contribution in [0.1, 0.15) is 12.0 Å². The van der Waals surface area contributed by atoms with E-state index in [1.807, 2.05) is 0 Å². The van der Waals surface area contributed by atoms with E-state index >= 15 is 0 Å². The van der Waals surface area contributed by atoms with Gasteiger partial charge in [0.25, 0.3) is 0 Å². The van der Waals surface area contributed by atoms with Crippen LogP contribution in [0.4, 0.5) is 24.1 Å². The summed E-state index contributed by atoms with van der Waals surface area (Å²) < 4.78 is 25.8. The Hall–Kier alpha value is -3.16. The SMILES string of the molecule is O=C(Nc1ccc(F)cc1)NC1CCN(C(=O)NCc2ccc(F)cc2)C1. The van der Waals surface area contributed by atoms with Gasteiger partial charge in [-0.15, -0.1) is 0 Å². The molecular formula is C19H20F2N4O2. The maximum absolute atomic E-state index is 12.9. The molecule has 2 aromatic carbocycles. The fourth-order valence-electron chi connectivity index (χ4n) is 2.84. The lowest BCUT2D eigenvalue weighted by Crippen LogP contribution is -2.43. The predicted octanol–water partition coefficient (Wildman–Crippen LogP) is 3.07. The summed E-state index contributed by atoms with van der Waals surface area (Å²) in [5.74, 6) is -0.698. The smallest absolute Gasteiger partial charge is 0.319 e. The number of likely N-dealkylation sites (tertiary alicyclic amines) is 1. The highest BCUT2D eigenvalue weighted by Crippen LogP contribution is 2.12. The Labute approximate surface area is 155 Å². The highest BCUT2D eigenvalue weighted by atomic mass is 19.1. The average Bonchev–Trinajstić information content (AvgIpc) is 3.11. The van der Waals surface area contributed by atoms with Crippen LogP contribution >= 0.6 is 0 Å². The average molecular weight is 374 g/mol. The number of urea groups is 2. The monoisotopic (exact) mass is 374 g/mol.